The fraction of sp³-hybridized carbons (Fsp3) is 0.441. The first-order chi connectivity index (χ1) is 30.7. The Kier molecular flexibility index (Phi) is 14.1. The van der Waals surface area contributed by atoms with Crippen LogP contribution in [0, 0.1) is 0 Å². The summed E-state index contributed by atoms with van der Waals surface area (Å²) in [5, 5.41) is 2.48. The fourth-order valence-electron chi connectivity index (χ4n) is 7.47. The standard InChI is InChI=1S/C34H41N5O22P4/c35-23-11-13-38(33(41)36-23)31-29-27(55-25(57-29)15-19-7-3-1-4-8-19)21(53-31)17-51-62(43,44)59-64(47,48)61-65(49,50)60-63(45,46)52-18-22-28-30(32(54-22)39-14-12-24(40)37-34(39)42)58-26(56-28)16-20-9-5-2-6-10-20/h1-14,21-23,25-32H,15-18,35H2,(H,36,41)(H,43,44)(H,45,46)(H,47,48)(H,49,50)(H,37,40,42)/t21-,22-,23?,25?,26?,27-,28-,29-,30-,31-,32-/m1/s1. The van der Waals surface area contributed by atoms with Crippen molar-refractivity contribution in [2.24, 2.45) is 5.73 Å². The van der Waals surface area contributed by atoms with Crippen molar-refractivity contribution in [1.29, 1.82) is 0 Å². The summed E-state index contributed by atoms with van der Waals surface area (Å²) in [5.74, 6) is 0. The number of urea groups is 1. The van der Waals surface area contributed by atoms with E-state index in [0.29, 0.717) is 0 Å². The van der Waals surface area contributed by atoms with Gasteiger partial charge in [-0.15, -0.1) is 0 Å². The quantitative estimate of drug-likeness (QED) is 0.0880. The molecule has 3 aromatic rings. The van der Waals surface area contributed by atoms with Crippen LogP contribution in [0.3, 0.4) is 0 Å². The van der Waals surface area contributed by atoms with Crippen LogP contribution in [-0.2, 0) is 81.5 Å². The van der Waals surface area contributed by atoms with Crippen molar-refractivity contribution in [2.75, 3.05) is 13.2 Å². The normalized spacial score (nSPS) is 33.3. The van der Waals surface area contributed by atoms with Crippen LogP contribution in [0.15, 0.2) is 94.8 Å². The number of phosphoric acid groups is 4. The number of H-pyrrole nitrogens is 1. The average Bonchev–Trinajstić information content (AvgIpc) is 3.97. The molecule has 8 rings (SSSR count). The van der Waals surface area contributed by atoms with Crippen LogP contribution < -0.4 is 22.3 Å². The van der Waals surface area contributed by atoms with Gasteiger partial charge in [0.25, 0.3) is 5.56 Å². The van der Waals surface area contributed by atoms with Crippen molar-refractivity contribution in [3.05, 3.63) is 117 Å². The maximum Gasteiger partial charge on any atom is 0.490 e. The zero-order valence-electron chi connectivity index (χ0n) is 33.2. The van der Waals surface area contributed by atoms with Crippen LogP contribution in [0.2, 0.25) is 0 Å². The number of benzene rings is 2. The molecule has 7 unspecified atom stereocenters. The SMILES string of the molecule is NC1C=CN([C@@H]2O[C@H](COP(=O)(O)OP(=O)(O)OP(=O)(O)OP(=O)(O)OC[C@H]3O[C@@H](n4ccc(=O)[nH]c4=O)[C@@H]4OC(Cc5ccccc5)O[C@@H]43)[C@H]3OC(Cc4ccccc4)O[C@H]32)C(=O)N1. The minimum Gasteiger partial charge on any atom is -0.346 e. The monoisotopic (exact) mass is 995 g/mol. The van der Waals surface area contributed by atoms with E-state index in [1.807, 2.05) is 12.1 Å². The number of nitrogens with one attached hydrogen (secondary N) is 2. The van der Waals surface area contributed by atoms with Crippen molar-refractivity contribution in [2.45, 2.75) is 80.7 Å². The van der Waals surface area contributed by atoms with Gasteiger partial charge in [0, 0.05) is 31.3 Å². The van der Waals surface area contributed by atoms with Gasteiger partial charge >= 0.3 is 43.0 Å². The Morgan fingerprint density at radius 2 is 1.08 bits per heavy atom. The molecule has 4 fully saturated rings. The Morgan fingerprint density at radius 3 is 1.57 bits per heavy atom. The first-order valence-corrected chi connectivity index (χ1v) is 25.3. The second-order valence-corrected chi connectivity index (χ2v) is 20.9. The number of phosphoric ester groups is 2. The van der Waals surface area contributed by atoms with Crippen molar-refractivity contribution in [3.63, 3.8) is 0 Å². The molecule has 1 aromatic heterocycles. The molecule has 354 valence electrons. The molecule has 8 N–H and O–H groups in total. The number of hydrogen-bond acceptors (Lipinski definition) is 19. The van der Waals surface area contributed by atoms with Gasteiger partial charge in [0.1, 0.15) is 36.6 Å². The molecule has 65 heavy (non-hydrogen) atoms. The van der Waals surface area contributed by atoms with Crippen molar-refractivity contribution in [1.82, 2.24) is 19.8 Å². The van der Waals surface area contributed by atoms with Gasteiger partial charge in [-0.05, 0) is 17.2 Å². The first kappa shape index (κ1) is 47.9. The lowest BCUT2D eigenvalue weighted by Gasteiger charge is -2.32. The van der Waals surface area contributed by atoms with Crippen molar-refractivity contribution >= 4 is 37.3 Å². The van der Waals surface area contributed by atoms with E-state index < -0.39 is 130 Å². The second-order valence-electron chi connectivity index (χ2n) is 14.7. The van der Waals surface area contributed by atoms with Crippen LogP contribution in [0.1, 0.15) is 17.4 Å². The number of hydrogen-bond donors (Lipinski definition) is 7. The van der Waals surface area contributed by atoms with Crippen LogP contribution >= 0.6 is 31.3 Å². The minimum absolute atomic E-state index is 0.220. The summed E-state index contributed by atoms with van der Waals surface area (Å²) in [4.78, 5) is 81.5. The maximum atomic E-state index is 12.9. The van der Waals surface area contributed by atoms with Crippen molar-refractivity contribution < 1.29 is 93.0 Å². The van der Waals surface area contributed by atoms with E-state index in [9.17, 15) is 52.2 Å². The van der Waals surface area contributed by atoms with Crippen molar-refractivity contribution in [3.8, 4) is 0 Å². The van der Waals surface area contributed by atoms with Crippen LogP contribution in [-0.4, -0.2) is 115 Å². The first-order valence-electron chi connectivity index (χ1n) is 19.3. The molecule has 0 aliphatic carbocycles. The molecule has 0 radical (unpaired) electrons. The van der Waals surface area contributed by atoms with E-state index in [4.69, 9.17) is 43.2 Å². The third kappa shape index (κ3) is 11.8. The fourth-order valence-corrected chi connectivity index (χ4v) is 12.4. The van der Waals surface area contributed by atoms with E-state index in [2.05, 4.69) is 23.2 Å². The Balaban J connectivity index is 0.874. The van der Waals surface area contributed by atoms with Gasteiger partial charge in [-0.1, -0.05) is 60.7 Å². The van der Waals surface area contributed by atoms with E-state index in [-0.39, 0.29) is 12.8 Å². The Hall–Kier alpha value is -3.59. The largest absolute Gasteiger partial charge is 0.490 e. The zero-order valence-corrected chi connectivity index (χ0v) is 36.7. The minimum atomic E-state index is -6.21. The molecule has 31 heteroatoms. The summed E-state index contributed by atoms with van der Waals surface area (Å²) >= 11 is 0. The number of fused-ring (bicyclic) bond motifs is 2. The number of nitrogens with two attached hydrogens (primary N) is 1. The molecule has 15 atom stereocenters. The lowest BCUT2D eigenvalue weighted by molar-refractivity contribution is -0.153. The number of amides is 2. The molecular formula is C34H41N5O22P4. The van der Waals surface area contributed by atoms with E-state index in [1.54, 1.807) is 48.5 Å². The molecular weight excluding hydrogens is 954 g/mol. The highest BCUT2D eigenvalue weighted by Gasteiger charge is 2.57. The Bertz CT molecular complexity index is 2550. The summed E-state index contributed by atoms with van der Waals surface area (Å²) in [6, 6.07) is 18.3. The number of aromatic amines is 1. The molecule has 27 nitrogen and oxygen atoms in total. The molecule has 2 amide bonds. The Morgan fingerprint density at radius 1 is 0.615 bits per heavy atom. The number of ether oxygens (including phenoxy) is 6. The van der Waals surface area contributed by atoms with Gasteiger partial charge in [-0.25, -0.2) is 27.8 Å². The summed E-state index contributed by atoms with van der Waals surface area (Å²) in [6.45, 7) is -1.89. The molecule has 5 aliphatic heterocycles. The molecule has 4 saturated heterocycles. The van der Waals surface area contributed by atoms with Gasteiger partial charge in [-0.3, -0.25) is 28.3 Å². The van der Waals surface area contributed by atoms with Gasteiger partial charge in [0.05, 0.1) is 19.4 Å². The zero-order chi connectivity index (χ0) is 46.3. The number of rotatable bonds is 18. The summed E-state index contributed by atoms with van der Waals surface area (Å²) in [6.07, 6.45) is -7.62. The third-order valence-corrected chi connectivity index (χ3v) is 16.0. The predicted molar refractivity (Wildman–Crippen MR) is 213 cm³/mol. The number of nitrogens with zero attached hydrogens (tertiary/aromatic N) is 2. The highest BCUT2D eigenvalue weighted by Crippen LogP contribution is 2.71. The van der Waals surface area contributed by atoms with Gasteiger partial charge in [0.15, 0.2) is 25.0 Å². The molecule has 5 aliphatic rings. The highest BCUT2D eigenvalue weighted by molar-refractivity contribution is 7.69. The number of carbonyl (C=O) groups is 1. The van der Waals surface area contributed by atoms with E-state index in [0.717, 1.165) is 32.9 Å². The topological polar surface area (TPSA) is 364 Å². The smallest absolute Gasteiger partial charge is 0.346 e. The third-order valence-electron chi connectivity index (χ3n) is 10.1. The number of carbonyl (C=O) groups excluding carboxylic acids is 1. The highest BCUT2D eigenvalue weighted by atomic mass is 31.3. The lowest BCUT2D eigenvalue weighted by atomic mass is 10.1. The summed E-state index contributed by atoms with van der Waals surface area (Å²) in [5.41, 5.74) is 5.77. The van der Waals surface area contributed by atoms with Gasteiger partial charge < -0.3 is 59.0 Å². The van der Waals surface area contributed by atoms with E-state index in [1.165, 1.54) is 12.3 Å². The predicted octanol–water partition coefficient (Wildman–Crippen LogP) is 1.17. The Labute approximate surface area is 366 Å². The average molecular weight is 996 g/mol. The summed E-state index contributed by atoms with van der Waals surface area (Å²) < 4.78 is 110. The van der Waals surface area contributed by atoms with Gasteiger partial charge in [0.2, 0.25) is 0 Å². The van der Waals surface area contributed by atoms with Gasteiger partial charge in [-0.2, -0.15) is 12.9 Å². The molecule has 0 bridgehead atoms. The molecule has 0 saturated carbocycles. The lowest BCUT2D eigenvalue weighted by Crippen LogP contribution is -2.55. The van der Waals surface area contributed by atoms with Crippen LogP contribution in [0.5, 0.6) is 0 Å². The van der Waals surface area contributed by atoms with Crippen LogP contribution in [0.4, 0.5) is 4.79 Å². The molecule has 0 spiro atoms. The van der Waals surface area contributed by atoms with E-state index >= 15 is 0 Å². The molecule has 2 aromatic carbocycles. The molecule has 6 heterocycles. The second kappa shape index (κ2) is 19.2. The summed E-state index contributed by atoms with van der Waals surface area (Å²) in [7, 11) is -24.0. The maximum absolute atomic E-state index is 12.9. The van der Waals surface area contributed by atoms with Crippen LogP contribution in [0.25, 0.3) is 0 Å². The number of aromatic nitrogens is 2.